The molecule has 20 heavy (non-hydrogen) atoms. The Morgan fingerprint density at radius 1 is 1.05 bits per heavy atom. The number of hydrogen-bond donors (Lipinski definition) is 1. The maximum absolute atomic E-state index is 11.8. The second-order valence-corrected chi connectivity index (χ2v) is 4.38. The zero-order chi connectivity index (χ0) is 14.2. The van der Waals surface area contributed by atoms with Crippen molar-refractivity contribution in [3.8, 4) is 0 Å². The lowest BCUT2D eigenvalue weighted by molar-refractivity contribution is 0.0955. The van der Waals surface area contributed by atoms with Crippen LogP contribution in [0.3, 0.4) is 0 Å². The standard InChI is InChI=1S/C16H13ClN2O/c17-15-11-5-4-10-14(15)16(20)19-18-12-6-9-13-7-2-1-3-8-13/h1-12H,(H,19,20). The molecule has 0 saturated heterocycles. The molecule has 0 heterocycles. The fourth-order valence-corrected chi connectivity index (χ4v) is 1.78. The van der Waals surface area contributed by atoms with Gasteiger partial charge in [0.15, 0.2) is 0 Å². The van der Waals surface area contributed by atoms with Crippen molar-refractivity contribution < 1.29 is 4.79 Å². The SMILES string of the molecule is O=C(NN=CC=Cc1ccccc1)c1ccccc1Cl. The molecule has 0 aliphatic heterocycles. The molecule has 0 unspecified atom stereocenters. The number of hydrazone groups is 1. The topological polar surface area (TPSA) is 41.5 Å². The van der Waals surface area contributed by atoms with Crippen molar-refractivity contribution in [2.45, 2.75) is 0 Å². The number of benzene rings is 2. The summed E-state index contributed by atoms with van der Waals surface area (Å²) in [5.74, 6) is -0.333. The Labute approximate surface area is 122 Å². The molecule has 2 aromatic rings. The molecule has 1 N–H and O–H groups in total. The van der Waals surface area contributed by atoms with Gasteiger partial charge in [0.2, 0.25) is 0 Å². The minimum atomic E-state index is -0.333. The molecule has 1 amide bonds. The van der Waals surface area contributed by atoms with Crippen molar-refractivity contribution >= 4 is 29.8 Å². The zero-order valence-electron chi connectivity index (χ0n) is 10.7. The number of nitrogens with zero attached hydrogens (tertiary/aromatic N) is 1. The van der Waals surface area contributed by atoms with Gasteiger partial charge in [-0.15, -0.1) is 0 Å². The van der Waals surface area contributed by atoms with E-state index >= 15 is 0 Å². The van der Waals surface area contributed by atoms with Crippen molar-refractivity contribution in [2.24, 2.45) is 5.10 Å². The molecule has 0 spiro atoms. The van der Waals surface area contributed by atoms with E-state index < -0.39 is 0 Å². The van der Waals surface area contributed by atoms with Gasteiger partial charge in [0, 0.05) is 6.21 Å². The van der Waals surface area contributed by atoms with E-state index in [1.165, 1.54) is 6.21 Å². The van der Waals surface area contributed by atoms with Gasteiger partial charge in [0.05, 0.1) is 10.6 Å². The predicted octanol–water partition coefficient (Wildman–Crippen LogP) is 3.77. The summed E-state index contributed by atoms with van der Waals surface area (Å²) >= 11 is 5.91. The minimum Gasteiger partial charge on any atom is -0.267 e. The van der Waals surface area contributed by atoms with Gasteiger partial charge in [-0.25, -0.2) is 5.43 Å². The lowest BCUT2D eigenvalue weighted by Gasteiger charge is -2.00. The first-order valence-electron chi connectivity index (χ1n) is 6.07. The fourth-order valence-electron chi connectivity index (χ4n) is 1.56. The van der Waals surface area contributed by atoms with Crippen LogP contribution >= 0.6 is 11.6 Å². The molecule has 0 aliphatic rings. The second kappa shape index (κ2) is 7.26. The summed E-state index contributed by atoms with van der Waals surface area (Å²) < 4.78 is 0. The summed E-state index contributed by atoms with van der Waals surface area (Å²) in [6.45, 7) is 0. The van der Waals surface area contributed by atoms with Crippen molar-refractivity contribution in [1.29, 1.82) is 0 Å². The van der Waals surface area contributed by atoms with Crippen molar-refractivity contribution in [1.82, 2.24) is 5.43 Å². The van der Waals surface area contributed by atoms with Crippen molar-refractivity contribution in [3.63, 3.8) is 0 Å². The van der Waals surface area contributed by atoms with Crippen LogP contribution in [0.2, 0.25) is 5.02 Å². The zero-order valence-corrected chi connectivity index (χ0v) is 11.4. The molecule has 0 aliphatic carbocycles. The lowest BCUT2D eigenvalue weighted by atomic mass is 10.2. The summed E-state index contributed by atoms with van der Waals surface area (Å²) in [5, 5.41) is 4.24. The molecular weight excluding hydrogens is 272 g/mol. The average Bonchev–Trinajstić information content (AvgIpc) is 2.48. The van der Waals surface area contributed by atoms with Crippen molar-refractivity contribution in [2.75, 3.05) is 0 Å². The van der Waals surface area contributed by atoms with Gasteiger partial charge < -0.3 is 0 Å². The highest BCUT2D eigenvalue weighted by molar-refractivity contribution is 6.33. The number of carbonyl (C=O) groups excluding carboxylic acids is 1. The minimum absolute atomic E-state index is 0.333. The van der Waals surface area contributed by atoms with E-state index in [0.717, 1.165) is 5.56 Å². The second-order valence-electron chi connectivity index (χ2n) is 3.97. The van der Waals surface area contributed by atoms with Gasteiger partial charge in [-0.3, -0.25) is 4.79 Å². The molecule has 4 heteroatoms. The van der Waals surface area contributed by atoms with Crippen LogP contribution in [0.4, 0.5) is 0 Å². The number of rotatable bonds is 4. The van der Waals surface area contributed by atoms with Crippen LogP contribution < -0.4 is 5.43 Å². The largest absolute Gasteiger partial charge is 0.272 e. The van der Waals surface area contributed by atoms with Crippen LogP contribution in [0.1, 0.15) is 15.9 Å². The van der Waals surface area contributed by atoms with Gasteiger partial charge in [0.1, 0.15) is 0 Å². The number of allylic oxidation sites excluding steroid dienone is 1. The maximum Gasteiger partial charge on any atom is 0.272 e. The van der Waals surface area contributed by atoms with E-state index in [1.807, 2.05) is 36.4 Å². The quantitative estimate of drug-likeness (QED) is 0.674. The van der Waals surface area contributed by atoms with Crippen LogP contribution in [0.5, 0.6) is 0 Å². The van der Waals surface area contributed by atoms with Crippen LogP contribution in [0.15, 0.2) is 65.8 Å². The van der Waals surface area contributed by atoms with E-state index in [0.29, 0.717) is 10.6 Å². The first-order chi connectivity index (χ1) is 9.77. The number of carbonyl (C=O) groups is 1. The normalized spacial score (nSPS) is 11.1. The molecule has 100 valence electrons. The maximum atomic E-state index is 11.8. The number of amides is 1. The lowest BCUT2D eigenvalue weighted by Crippen LogP contribution is -2.17. The highest BCUT2D eigenvalue weighted by Gasteiger charge is 2.07. The summed E-state index contributed by atoms with van der Waals surface area (Å²) in [4.78, 5) is 11.8. The van der Waals surface area contributed by atoms with Crippen LogP contribution in [0, 0.1) is 0 Å². The van der Waals surface area contributed by atoms with E-state index in [-0.39, 0.29) is 5.91 Å². The van der Waals surface area contributed by atoms with Gasteiger partial charge >= 0.3 is 0 Å². The molecule has 0 aromatic heterocycles. The molecule has 3 nitrogen and oxygen atoms in total. The fraction of sp³-hybridized carbons (Fsp3) is 0. The van der Waals surface area contributed by atoms with Gasteiger partial charge in [0.25, 0.3) is 5.91 Å². The third kappa shape index (κ3) is 4.07. The molecule has 0 bridgehead atoms. The summed E-state index contributed by atoms with van der Waals surface area (Å²) in [6.07, 6.45) is 5.16. The molecule has 2 rings (SSSR count). The first-order valence-corrected chi connectivity index (χ1v) is 6.45. The molecule has 0 radical (unpaired) electrons. The third-order valence-corrected chi connectivity index (χ3v) is 2.86. The Morgan fingerprint density at radius 2 is 1.75 bits per heavy atom. The predicted molar refractivity (Wildman–Crippen MR) is 82.9 cm³/mol. The number of hydrogen-bond acceptors (Lipinski definition) is 2. The molecule has 0 atom stereocenters. The van der Waals surface area contributed by atoms with E-state index in [4.69, 9.17) is 11.6 Å². The monoisotopic (exact) mass is 284 g/mol. The summed E-state index contributed by atoms with van der Waals surface area (Å²) in [7, 11) is 0. The molecular formula is C16H13ClN2O. The average molecular weight is 285 g/mol. The Balaban J connectivity index is 1.89. The van der Waals surface area contributed by atoms with E-state index in [9.17, 15) is 4.79 Å². The molecule has 0 saturated carbocycles. The summed E-state index contributed by atoms with van der Waals surface area (Å²) in [5.41, 5.74) is 3.89. The number of nitrogens with one attached hydrogen (secondary N) is 1. The Hall–Kier alpha value is -2.39. The third-order valence-electron chi connectivity index (χ3n) is 2.53. The van der Waals surface area contributed by atoms with E-state index in [1.54, 1.807) is 30.3 Å². The van der Waals surface area contributed by atoms with E-state index in [2.05, 4.69) is 10.5 Å². The molecule has 0 fully saturated rings. The number of halogens is 1. The smallest absolute Gasteiger partial charge is 0.267 e. The van der Waals surface area contributed by atoms with Crippen LogP contribution in [-0.2, 0) is 0 Å². The highest BCUT2D eigenvalue weighted by Crippen LogP contribution is 2.14. The Bertz CT molecular complexity index is 636. The Morgan fingerprint density at radius 3 is 2.50 bits per heavy atom. The molecule has 2 aromatic carbocycles. The first kappa shape index (κ1) is 14.0. The van der Waals surface area contributed by atoms with Gasteiger partial charge in [-0.2, -0.15) is 5.10 Å². The van der Waals surface area contributed by atoms with Crippen LogP contribution in [0.25, 0.3) is 6.08 Å². The highest BCUT2D eigenvalue weighted by atomic mass is 35.5. The summed E-state index contributed by atoms with van der Waals surface area (Å²) in [6, 6.07) is 16.6. The van der Waals surface area contributed by atoms with Gasteiger partial charge in [-0.1, -0.05) is 60.1 Å². The Kier molecular flexibility index (Phi) is 5.09. The van der Waals surface area contributed by atoms with Crippen LogP contribution in [-0.4, -0.2) is 12.1 Å². The van der Waals surface area contributed by atoms with Crippen molar-refractivity contribution in [3.05, 3.63) is 76.8 Å². The van der Waals surface area contributed by atoms with Gasteiger partial charge in [-0.05, 0) is 23.8 Å².